The van der Waals surface area contributed by atoms with E-state index in [1.54, 1.807) is 7.11 Å². The molecule has 0 radical (unpaired) electrons. The lowest BCUT2D eigenvalue weighted by Crippen LogP contribution is -1.87. The minimum Gasteiger partial charge on any atom is -0.494 e. The molecule has 0 amide bonds. The minimum absolute atomic E-state index is 0.472. The van der Waals surface area contributed by atoms with Gasteiger partial charge in [0.15, 0.2) is 0 Å². The monoisotopic (exact) mass is 196 g/mol. The van der Waals surface area contributed by atoms with E-state index in [1.165, 1.54) is 0 Å². The van der Waals surface area contributed by atoms with E-state index in [1.807, 2.05) is 29.8 Å². The molecule has 68 valence electrons. The van der Waals surface area contributed by atoms with Gasteiger partial charge in [-0.3, -0.25) is 0 Å². The lowest BCUT2D eigenvalue weighted by Gasteiger charge is -1.99. The van der Waals surface area contributed by atoms with Crippen LogP contribution in [0.25, 0.3) is 11.0 Å². The molecule has 0 aliphatic rings. The molecule has 0 saturated carbocycles. The highest BCUT2D eigenvalue weighted by molar-refractivity contribution is 6.29. The number of imidazole rings is 1. The number of methoxy groups -OCH3 is 1. The van der Waals surface area contributed by atoms with Gasteiger partial charge in [0.05, 0.1) is 12.6 Å². The third-order valence-corrected chi connectivity index (χ3v) is 2.38. The van der Waals surface area contributed by atoms with Crippen molar-refractivity contribution in [2.24, 2.45) is 7.05 Å². The molecule has 2 rings (SSSR count). The number of rotatable bonds is 1. The average molecular weight is 197 g/mol. The Hall–Kier alpha value is -1.22. The first-order valence-corrected chi connectivity index (χ1v) is 4.26. The molecule has 2 aromatic rings. The first kappa shape index (κ1) is 8.38. The van der Waals surface area contributed by atoms with Crippen molar-refractivity contribution in [2.75, 3.05) is 7.11 Å². The zero-order valence-electron chi connectivity index (χ0n) is 7.41. The van der Waals surface area contributed by atoms with Crippen LogP contribution in [0, 0.1) is 0 Å². The Morgan fingerprint density at radius 1 is 1.46 bits per heavy atom. The van der Waals surface area contributed by atoms with E-state index in [0.29, 0.717) is 5.28 Å². The molecule has 0 atom stereocenters. The number of hydrogen-bond donors (Lipinski definition) is 0. The summed E-state index contributed by atoms with van der Waals surface area (Å²) in [5.41, 5.74) is 1.78. The van der Waals surface area contributed by atoms with Crippen molar-refractivity contribution >= 4 is 22.6 Å². The second-order valence-electron chi connectivity index (χ2n) is 2.77. The van der Waals surface area contributed by atoms with Crippen molar-refractivity contribution in [2.45, 2.75) is 0 Å². The zero-order valence-corrected chi connectivity index (χ0v) is 8.17. The number of ether oxygens (including phenoxy) is 1. The van der Waals surface area contributed by atoms with E-state index >= 15 is 0 Å². The molecular formula is C9H9ClN2O. The molecule has 0 N–H and O–H groups in total. The van der Waals surface area contributed by atoms with Crippen LogP contribution in [-0.4, -0.2) is 16.7 Å². The van der Waals surface area contributed by atoms with E-state index in [4.69, 9.17) is 16.3 Å². The fourth-order valence-corrected chi connectivity index (χ4v) is 1.50. The van der Waals surface area contributed by atoms with Crippen LogP contribution < -0.4 is 4.74 Å². The summed E-state index contributed by atoms with van der Waals surface area (Å²) >= 11 is 5.88. The third kappa shape index (κ3) is 1.16. The molecule has 0 unspecified atom stereocenters. The van der Waals surface area contributed by atoms with Crippen LogP contribution in [0.1, 0.15) is 0 Å². The molecule has 0 aliphatic carbocycles. The van der Waals surface area contributed by atoms with Gasteiger partial charge >= 0.3 is 0 Å². The average Bonchev–Trinajstić information content (AvgIpc) is 2.43. The smallest absolute Gasteiger partial charge is 0.203 e. The molecule has 0 saturated heterocycles. The van der Waals surface area contributed by atoms with Crippen molar-refractivity contribution < 1.29 is 4.74 Å². The maximum atomic E-state index is 5.88. The maximum absolute atomic E-state index is 5.88. The Balaban J connectivity index is 2.84. The molecule has 0 bridgehead atoms. The Morgan fingerprint density at radius 3 is 2.92 bits per heavy atom. The van der Waals surface area contributed by atoms with Crippen molar-refractivity contribution in [3.8, 4) is 5.75 Å². The summed E-state index contributed by atoms with van der Waals surface area (Å²) in [5.74, 6) is 0.750. The van der Waals surface area contributed by atoms with Crippen molar-refractivity contribution in [3.05, 3.63) is 23.5 Å². The van der Waals surface area contributed by atoms with Crippen LogP contribution in [-0.2, 0) is 7.05 Å². The molecule has 0 fully saturated rings. The van der Waals surface area contributed by atoms with Crippen molar-refractivity contribution in [1.82, 2.24) is 9.55 Å². The first-order valence-electron chi connectivity index (χ1n) is 3.89. The van der Waals surface area contributed by atoms with E-state index in [0.717, 1.165) is 16.8 Å². The van der Waals surface area contributed by atoms with Crippen molar-refractivity contribution in [1.29, 1.82) is 0 Å². The molecule has 1 aromatic heterocycles. The predicted octanol–water partition coefficient (Wildman–Crippen LogP) is 2.24. The third-order valence-electron chi connectivity index (χ3n) is 2.04. The summed E-state index contributed by atoms with van der Waals surface area (Å²) in [6, 6.07) is 5.74. The number of halogens is 1. The summed E-state index contributed by atoms with van der Waals surface area (Å²) in [6.45, 7) is 0. The summed E-state index contributed by atoms with van der Waals surface area (Å²) in [5, 5.41) is 0.472. The Bertz CT molecular complexity index is 450. The van der Waals surface area contributed by atoms with Gasteiger partial charge in [-0.2, -0.15) is 0 Å². The van der Waals surface area contributed by atoms with Crippen LogP contribution in [0.15, 0.2) is 18.2 Å². The minimum atomic E-state index is 0.472. The van der Waals surface area contributed by atoms with E-state index in [-0.39, 0.29) is 0 Å². The SMILES string of the molecule is COc1cccc2c1nc(Cl)n2C. The van der Waals surface area contributed by atoms with Gasteiger partial charge in [0.25, 0.3) is 0 Å². The number of benzene rings is 1. The van der Waals surface area contributed by atoms with Crippen LogP contribution in [0.3, 0.4) is 0 Å². The molecule has 0 aliphatic heterocycles. The number of nitrogens with zero attached hydrogens (tertiary/aromatic N) is 2. The maximum Gasteiger partial charge on any atom is 0.203 e. The summed E-state index contributed by atoms with van der Waals surface area (Å²) in [7, 11) is 3.49. The standard InChI is InChI=1S/C9H9ClN2O/c1-12-6-4-3-5-7(13-2)8(6)11-9(12)10/h3-5H,1-2H3. The number of aromatic nitrogens is 2. The summed E-state index contributed by atoms with van der Waals surface area (Å²) < 4.78 is 6.98. The second kappa shape index (κ2) is 2.92. The van der Waals surface area contributed by atoms with Gasteiger partial charge in [0.1, 0.15) is 11.3 Å². The van der Waals surface area contributed by atoms with Crippen LogP contribution in [0.5, 0.6) is 5.75 Å². The largest absolute Gasteiger partial charge is 0.494 e. The van der Waals surface area contributed by atoms with Gasteiger partial charge in [0.2, 0.25) is 5.28 Å². The molecular weight excluding hydrogens is 188 g/mol. The van der Waals surface area contributed by atoms with Crippen LogP contribution in [0.2, 0.25) is 5.28 Å². The topological polar surface area (TPSA) is 27.1 Å². The normalized spacial score (nSPS) is 10.7. The molecule has 13 heavy (non-hydrogen) atoms. The second-order valence-corrected chi connectivity index (χ2v) is 3.11. The molecule has 0 spiro atoms. The highest BCUT2D eigenvalue weighted by Crippen LogP contribution is 2.26. The van der Waals surface area contributed by atoms with Crippen LogP contribution in [0.4, 0.5) is 0 Å². The highest BCUT2D eigenvalue weighted by Gasteiger charge is 2.08. The van der Waals surface area contributed by atoms with Crippen LogP contribution >= 0.6 is 11.6 Å². The highest BCUT2D eigenvalue weighted by atomic mass is 35.5. The molecule has 4 heteroatoms. The van der Waals surface area contributed by atoms with Gasteiger partial charge in [0, 0.05) is 7.05 Å². The number of para-hydroxylation sites is 1. The van der Waals surface area contributed by atoms with Gasteiger partial charge in [-0.15, -0.1) is 0 Å². The molecule has 1 heterocycles. The number of hydrogen-bond acceptors (Lipinski definition) is 2. The van der Waals surface area contributed by atoms with Crippen molar-refractivity contribution in [3.63, 3.8) is 0 Å². The van der Waals surface area contributed by atoms with E-state index < -0.39 is 0 Å². The quantitative estimate of drug-likeness (QED) is 0.700. The first-order chi connectivity index (χ1) is 6.24. The van der Waals surface area contributed by atoms with Gasteiger partial charge in [-0.25, -0.2) is 4.98 Å². The Morgan fingerprint density at radius 2 is 2.23 bits per heavy atom. The summed E-state index contributed by atoms with van der Waals surface area (Å²) in [6.07, 6.45) is 0. The van der Waals surface area contributed by atoms with E-state index in [2.05, 4.69) is 4.98 Å². The number of fused-ring (bicyclic) bond motifs is 1. The Kier molecular flexibility index (Phi) is 1.88. The Labute approximate surface area is 80.9 Å². The fourth-order valence-electron chi connectivity index (χ4n) is 1.33. The lowest BCUT2D eigenvalue weighted by molar-refractivity contribution is 0.419. The zero-order chi connectivity index (χ0) is 9.42. The van der Waals surface area contributed by atoms with Gasteiger partial charge in [-0.05, 0) is 23.7 Å². The lowest BCUT2D eigenvalue weighted by atomic mass is 10.3. The van der Waals surface area contributed by atoms with Gasteiger partial charge in [-0.1, -0.05) is 6.07 Å². The predicted molar refractivity (Wildman–Crippen MR) is 52.3 cm³/mol. The molecule has 3 nitrogen and oxygen atoms in total. The van der Waals surface area contributed by atoms with Gasteiger partial charge < -0.3 is 9.30 Å². The summed E-state index contributed by atoms with van der Waals surface area (Å²) in [4.78, 5) is 4.19. The number of aryl methyl sites for hydroxylation is 1. The fraction of sp³-hybridized carbons (Fsp3) is 0.222. The molecule has 1 aromatic carbocycles. The van der Waals surface area contributed by atoms with E-state index in [9.17, 15) is 0 Å².